The van der Waals surface area contributed by atoms with Gasteiger partial charge in [0.2, 0.25) is 0 Å². The molecular weight excluding hydrogens is 208 g/mol. The molecule has 1 aliphatic carbocycles. The zero-order chi connectivity index (χ0) is 6.85. The Kier molecular flexibility index (Phi) is 8.89. The summed E-state index contributed by atoms with van der Waals surface area (Å²) in [7, 11) is 5.74. The van der Waals surface area contributed by atoms with Crippen molar-refractivity contribution in [2.75, 3.05) is 0 Å². The van der Waals surface area contributed by atoms with Crippen molar-refractivity contribution in [2.24, 2.45) is 11.8 Å². The summed E-state index contributed by atoms with van der Waals surface area (Å²) in [5.74, 6) is 2.00. The molecule has 0 aromatic rings. The first-order valence-electron chi connectivity index (χ1n) is 3.84. The van der Waals surface area contributed by atoms with E-state index >= 15 is 0 Å². The van der Waals surface area contributed by atoms with Crippen molar-refractivity contribution < 1.29 is 32.7 Å². The van der Waals surface area contributed by atoms with Gasteiger partial charge in [0.15, 0.2) is 0 Å². The molecule has 1 saturated carbocycles. The molecule has 0 nitrogen and oxygen atoms in total. The van der Waals surface area contributed by atoms with E-state index in [4.69, 9.17) is 7.85 Å². The van der Waals surface area contributed by atoms with Crippen LogP contribution < -0.4 is 0 Å². The topological polar surface area (TPSA) is 0 Å². The van der Waals surface area contributed by atoms with Crippen molar-refractivity contribution in [2.45, 2.75) is 32.5 Å². The molecule has 61 valence electrons. The minimum Gasteiger partial charge on any atom is -0.358 e. The summed E-state index contributed by atoms with van der Waals surface area (Å²) in [6, 6.07) is 0. The average Bonchev–Trinajstić information content (AvgIpc) is 2.10. The first-order chi connectivity index (χ1) is 4.24. The van der Waals surface area contributed by atoms with Gasteiger partial charge in [-0.25, -0.2) is 5.82 Å². The second-order valence-electron chi connectivity index (χ2n) is 3.12. The Bertz CT molecular complexity index is 95.6. The van der Waals surface area contributed by atoms with Crippen molar-refractivity contribution in [1.82, 2.24) is 0 Å². The van der Waals surface area contributed by atoms with Crippen LogP contribution >= 0.6 is 0 Å². The van der Waals surface area contributed by atoms with E-state index in [-0.39, 0.29) is 40.1 Å². The van der Waals surface area contributed by atoms with Gasteiger partial charge in [-0.2, -0.15) is 5.92 Å². The molecule has 3 radical (unpaired) electrons. The molecule has 0 unspecified atom stereocenters. The van der Waals surface area contributed by atoms with Gasteiger partial charge in [-0.3, -0.25) is 0 Å². The van der Waals surface area contributed by atoms with Gasteiger partial charge in [-0.15, -0.1) is 0 Å². The summed E-state index contributed by atoms with van der Waals surface area (Å²) in [6.45, 7) is 4.51. The van der Waals surface area contributed by atoms with Crippen LogP contribution in [0.5, 0.6) is 0 Å². The van der Waals surface area contributed by atoms with Gasteiger partial charge < -0.3 is 13.8 Å². The van der Waals surface area contributed by atoms with Crippen molar-refractivity contribution in [3.05, 3.63) is 13.8 Å². The molecule has 1 fully saturated rings. The van der Waals surface area contributed by atoms with Gasteiger partial charge >= 0.3 is 0 Å². The Morgan fingerprint density at radius 1 is 1.55 bits per heavy atom. The van der Waals surface area contributed by atoms with Crippen LogP contribution in [0.2, 0.25) is 5.82 Å². The van der Waals surface area contributed by atoms with E-state index in [0.29, 0.717) is 5.82 Å². The molecule has 1 rings (SSSR count). The molecule has 0 saturated heterocycles. The van der Waals surface area contributed by atoms with E-state index in [2.05, 4.69) is 20.3 Å². The van der Waals surface area contributed by atoms with E-state index in [0.717, 1.165) is 11.8 Å². The zero-order valence-corrected chi connectivity index (χ0v) is 10.7. The van der Waals surface area contributed by atoms with Crippen LogP contribution in [-0.2, 0) is 32.7 Å². The van der Waals surface area contributed by atoms with Crippen molar-refractivity contribution in [3.63, 3.8) is 0 Å². The maximum Gasteiger partial charge on any atom is 0.0314 e. The van der Waals surface area contributed by atoms with Crippen LogP contribution in [0.1, 0.15) is 26.7 Å². The standard InChI is InChI=1S/C8H14B.CH3.Y/c1-3-7-5-8(9)4-6(7)2;;/h4,6-8H,3,5H2,1-2H3;1H3;/q2*-1;/t6-,7+,8+;;/m1../s1. The number of rotatable bonds is 1. The maximum absolute atomic E-state index is 5.74. The SMILES string of the molecule is [B][C@H]1[CH-][C@@H](C)[C@@H](CC)C1.[CH3-].[Y]. The summed E-state index contributed by atoms with van der Waals surface area (Å²) >= 11 is 0. The maximum atomic E-state index is 5.74. The molecule has 11 heavy (non-hydrogen) atoms. The van der Waals surface area contributed by atoms with E-state index in [1.54, 1.807) is 0 Å². The fourth-order valence-corrected chi connectivity index (χ4v) is 1.73. The summed E-state index contributed by atoms with van der Waals surface area (Å²) < 4.78 is 0. The molecule has 0 amide bonds. The Morgan fingerprint density at radius 3 is 2.27 bits per heavy atom. The molecule has 0 spiro atoms. The molecule has 0 bridgehead atoms. The average molecular weight is 225 g/mol. The van der Waals surface area contributed by atoms with E-state index in [1.165, 1.54) is 12.8 Å². The van der Waals surface area contributed by atoms with Gasteiger partial charge in [0.05, 0.1) is 0 Å². The van der Waals surface area contributed by atoms with Crippen LogP contribution in [0.15, 0.2) is 0 Å². The Hall–Kier alpha value is 1.17. The molecule has 0 heterocycles. The Morgan fingerprint density at radius 2 is 2.09 bits per heavy atom. The van der Waals surface area contributed by atoms with Gasteiger partial charge in [0.1, 0.15) is 0 Å². The zero-order valence-electron chi connectivity index (χ0n) is 7.88. The Balaban J connectivity index is 0. The molecule has 3 atom stereocenters. The molecule has 0 aliphatic heterocycles. The molecular formula is C9H17BY-2. The van der Waals surface area contributed by atoms with Crippen LogP contribution in [0.25, 0.3) is 0 Å². The smallest absolute Gasteiger partial charge is 0.0314 e. The molecule has 1 aliphatic rings. The fraction of sp³-hybridized carbons (Fsp3) is 0.778. The third kappa shape index (κ3) is 4.08. The molecule has 0 N–H and O–H groups in total. The molecule has 0 aromatic carbocycles. The third-order valence-corrected chi connectivity index (χ3v) is 2.39. The van der Waals surface area contributed by atoms with Crippen LogP contribution in [0.3, 0.4) is 0 Å². The van der Waals surface area contributed by atoms with Gasteiger partial charge in [0, 0.05) is 40.6 Å². The normalized spacial score (nSPS) is 35.6. The van der Waals surface area contributed by atoms with Crippen LogP contribution in [0, 0.1) is 25.7 Å². The van der Waals surface area contributed by atoms with Gasteiger partial charge in [-0.1, -0.05) is 32.6 Å². The molecule has 0 aromatic heterocycles. The monoisotopic (exact) mass is 225 g/mol. The summed E-state index contributed by atoms with van der Waals surface area (Å²) in [6.07, 6.45) is 4.76. The number of hydrogen-bond donors (Lipinski definition) is 0. The molecule has 2 heteroatoms. The summed E-state index contributed by atoms with van der Waals surface area (Å²) in [5, 5.41) is 0. The van der Waals surface area contributed by atoms with E-state index in [1.807, 2.05) is 0 Å². The predicted octanol–water partition coefficient (Wildman–Crippen LogP) is 2.66. The Labute approximate surface area is 98.2 Å². The minimum absolute atomic E-state index is 0. The second-order valence-corrected chi connectivity index (χ2v) is 3.12. The second kappa shape index (κ2) is 6.66. The summed E-state index contributed by atoms with van der Waals surface area (Å²) in [5.41, 5.74) is 0. The van der Waals surface area contributed by atoms with E-state index in [9.17, 15) is 0 Å². The quantitative estimate of drug-likeness (QED) is 0.475. The van der Waals surface area contributed by atoms with Crippen LogP contribution in [0.4, 0.5) is 0 Å². The predicted molar refractivity (Wildman–Crippen MR) is 47.8 cm³/mol. The minimum atomic E-state index is 0. The summed E-state index contributed by atoms with van der Waals surface area (Å²) in [4.78, 5) is 0. The van der Waals surface area contributed by atoms with Gasteiger partial charge in [0.25, 0.3) is 0 Å². The van der Waals surface area contributed by atoms with E-state index < -0.39 is 0 Å². The van der Waals surface area contributed by atoms with Crippen molar-refractivity contribution in [3.8, 4) is 0 Å². The first kappa shape index (κ1) is 14.7. The fourth-order valence-electron chi connectivity index (χ4n) is 1.73. The number of hydrogen-bond acceptors (Lipinski definition) is 0. The first-order valence-corrected chi connectivity index (χ1v) is 3.84. The third-order valence-electron chi connectivity index (χ3n) is 2.39. The van der Waals surface area contributed by atoms with Crippen LogP contribution in [-0.4, -0.2) is 7.85 Å². The van der Waals surface area contributed by atoms with Gasteiger partial charge in [-0.05, 0) is 0 Å². The largest absolute Gasteiger partial charge is 0.358 e. The van der Waals surface area contributed by atoms with Crippen molar-refractivity contribution in [1.29, 1.82) is 0 Å². The van der Waals surface area contributed by atoms with Crippen molar-refractivity contribution >= 4 is 7.85 Å².